The van der Waals surface area contributed by atoms with Gasteiger partial charge in [-0.3, -0.25) is 4.79 Å². The molecule has 1 heterocycles. The number of hydrogen-bond acceptors (Lipinski definition) is 3. The lowest BCUT2D eigenvalue weighted by Gasteiger charge is -2.10. The number of halogens is 5. The van der Waals surface area contributed by atoms with Gasteiger partial charge in [-0.2, -0.15) is 13.2 Å². The van der Waals surface area contributed by atoms with Crippen LogP contribution in [-0.2, 0) is 6.18 Å². The molecule has 0 amide bonds. The third-order valence-corrected chi connectivity index (χ3v) is 2.96. The van der Waals surface area contributed by atoms with Crippen LogP contribution in [0.3, 0.4) is 0 Å². The van der Waals surface area contributed by atoms with Crippen LogP contribution in [0.5, 0.6) is 0 Å². The Morgan fingerprint density at radius 1 is 1.21 bits per heavy atom. The van der Waals surface area contributed by atoms with E-state index in [1.54, 1.807) is 0 Å². The molecule has 0 unspecified atom stereocenters. The molecular weight excluding hydrogens is 306 g/mol. The van der Waals surface area contributed by atoms with Crippen LogP contribution in [0.25, 0.3) is 5.69 Å². The molecule has 4 nitrogen and oxygen atoms in total. The van der Waals surface area contributed by atoms with E-state index in [1.165, 1.54) is 18.2 Å². The number of alkyl halides is 3. The third kappa shape index (κ3) is 2.57. The molecule has 0 saturated heterocycles. The minimum atomic E-state index is -4.77. The molecule has 100 valence electrons. The molecule has 1 aromatic carbocycles. The highest BCUT2D eigenvalue weighted by Crippen LogP contribution is 2.33. The molecule has 2 rings (SSSR count). The monoisotopic (exact) mass is 309 g/mol. The molecule has 0 aliphatic heterocycles. The van der Waals surface area contributed by atoms with E-state index >= 15 is 0 Å². The summed E-state index contributed by atoms with van der Waals surface area (Å²) in [6.07, 6.45) is -4.78. The van der Waals surface area contributed by atoms with E-state index in [1.807, 2.05) is 0 Å². The van der Waals surface area contributed by atoms with Crippen molar-refractivity contribution in [3.05, 3.63) is 39.6 Å². The van der Waals surface area contributed by atoms with Gasteiger partial charge in [-0.25, -0.2) is 4.68 Å². The number of carbonyl (C=O) groups is 1. The van der Waals surface area contributed by atoms with Gasteiger partial charge >= 0.3 is 6.18 Å². The van der Waals surface area contributed by atoms with Crippen LogP contribution in [0.2, 0.25) is 10.0 Å². The van der Waals surface area contributed by atoms with Crippen LogP contribution >= 0.6 is 23.2 Å². The van der Waals surface area contributed by atoms with Crippen molar-refractivity contribution in [3.8, 4) is 5.69 Å². The molecule has 0 aliphatic rings. The fourth-order valence-corrected chi connectivity index (χ4v) is 1.73. The molecule has 0 spiro atoms. The van der Waals surface area contributed by atoms with Gasteiger partial charge in [0, 0.05) is 0 Å². The van der Waals surface area contributed by atoms with Crippen molar-refractivity contribution in [3.63, 3.8) is 0 Å². The Balaban J connectivity index is 2.65. The molecule has 0 N–H and O–H groups in total. The Labute approximate surface area is 114 Å². The van der Waals surface area contributed by atoms with Gasteiger partial charge in [-0.15, -0.1) is 5.10 Å². The van der Waals surface area contributed by atoms with Gasteiger partial charge in [0.2, 0.25) is 0 Å². The summed E-state index contributed by atoms with van der Waals surface area (Å²) >= 11 is 11.4. The van der Waals surface area contributed by atoms with Crippen LogP contribution in [0.15, 0.2) is 18.2 Å². The van der Waals surface area contributed by atoms with Gasteiger partial charge in [0.1, 0.15) is 0 Å². The smallest absolute Gasteiger partial charge is 0.296 e. The van der Waals surface area contributed by atoms with Crippen molar-refractivity contribution in [1.29, 1.82) is 0 Å². The molecule has 0 atom stereocenters. The number of nitrogens with zero attached hydrogens (tertiary/aromatic N) is 3. The summed E-state index contributed by atoms with van der Waals surface area (Å²) in [5.74, 6) is 0. The maximum absolute atomic E-state index is 12.9. The van der Waals surface area contributed by atoms with E-state index < -0.39 is 17.6 Å². The normalized spacial score (nSPS) is 11.6. The van der Waals surface area contributed by atoms with Gasteiger partial charge in [0.25, 0.3) is 0 Å². The SMILES string of the molecule is O=Cc1nnn(-c2ccc(Cl)c(Cl)c2)c1C(F)(F)F. The van der Waals surface area contributed by atoms with Crippen LogP contribution < -0.4 is 0 Å². The number of aromatic nitrogens is 3. The van der Waals surface area contributed by atoms with Gasteiger partial charge < -0.3 is 0 Å². The van der Waals surface area contributed by atoms with Crippen molar-refractivity contribution in [2.24, 2.45) is 0 Å². The number of rotatable bonds is 2. The van der Waals surface area contributed by atoms with Crippen molar-refractivity contribution in [2.75, 3.05) is 0 Å². The summed E-state index contributed by atoms with van der Waals surface area (Å²) in [5, 5.41) is 6.74. The Hall–Kier alpha value is -1.60. The number of hydrogen-bond donors (Lipinski definition) is 0. The second-order valence-electron chi connectivity index (χ2n) is 3.45. The van der Waals surface area contributed by atoms with Crippen LogP contribution in [-0.4, -0.2) is 21.3 Å². The largest absolute Gasteiger partial charge is 0.435 e. The van der Waals surface area contributed by atoms with Crippen LogP contribution in [0.1, 0.15) is 16.2 Å². The molecule has 0 saturated carbocycles. The predicted octanol–water partition coefficient (Wildman–Crippen LogP) is 3.41. The summed E-state index contributed by atoms with van der Waals surface area (Å²) in [6, 6.07) is 3.80. The maximum Gasteiger partial charge on any atom is 0.435 e. The average Bonchev–Trinajstić information content (AvgIpc) is 2.76. The van der Waals surface area contributed by atoms with Gasteiger partial charge in [0.05, 0.1) is 15.7 Å². The van der Waals surface area contributed by atoms with E-state index in [0.29, 0.717) is 4.68 Å². The fraction of sp³-hybridized carbons (Fsp3) is 0.100. The quantitative estimate of drug-likeness (QED) is 0.799. The summed E-state index contributed by atoms with van der Waals surface area (Å²) in [4.78, 5) is 10.6. The third-order valence-electron chi connectivity index (χ3n) is 2.22. The summed E-state index contributed by atoms with van der Waals surface area (Å²) < 4.78 is 39.1. The van der Waals surface area contributed by atoms with Crippen molar-refractivity contribution in [1.82, 2.24) is 15.0 Å². The van der Waals surface area contributed by atoms with E-state index in [2.05, 4.69) is 10.3 Å². The van der Waals surface area contributed by atoms with Crippen molar-refractivity contribution >= 4 is 29.5 Å². The highest BCUT2D eigenvalue weighted by Gasteiger charge is 2.39. The van der Waals surface area contributed by atoms with E-state index in [-0.39, 0.29) is 22.0 Å². The minimum absolute atomic E-state index is 0.00215. The first-order valence-corrected chi connectivity index (χ1v) is 5.53. The lowest BCUT2D eigenvalue weighted by Crippen LogP contribution is -2.15. The van der Waals surface area contributed by atoms with Gasteiger partial charge in [-0.05, 0) is 18.2 Å². The lowest BCUT2D eigenvalue weighted by molar-refractivity contribution is -0.143. The Morgan fingerprint density at radius 3 is 2.42 bits per heavy atom. The van der Waals surface area contributed by atoms with Crippen molar-refractivity contribution in [2.45, 2.75) is 6.18 Å². The lowest BCUT2D eigenvalue weighted by atomic mass is 10.3. The highest BCUT2D eigenvalue weighted by atomic mass is 35.5. The Bertz CT molecular complexity index is 639. The first kappa shape index (κ1) is 13.8. The zero-order chi connectivity index (χ0) is 14.2. The van der Waals surface area contributed by atoms with Crippen LogP contribution in [0.4, 0.5) is 13.2 Å². The van der Waals surface area contributed by atoms with Gasteiger partial charge in [-0.1, -0.05) is 28.4 Å². The van der Waals surface area contributed by atoms with E-state index in [0.717, 1.165) is 0 Å². The maximum atomic E-state index is 12.9. The fourth-order valence-electron chi connectivity index (χ4n) is 1.44. The van der Waals surface area contributed by atoms with Crippen LogP contribution in [0, 0.1) is 0 Å². The Kier molecular flexibility index (Phi) is 3.51. The van der Waals surface area contributed by atoms with E-state index in [4.69, 9.17) is 23.2 Å². The standard InChI is InChI=1S/C10H4Cl2F3N3O/c11-6-2-1-5(3-7(6)12)18-9(10(13,14)15)8(4-19)16-17-18/h1-4H. The first-order chi connectivity index (χ1) is 8.84. The van der Waals surface area contributed by atoms with E-state index in [9.17, 15) is 18.0 Å². The molecule has 0 bridgehead atoms. The average molecular weight is 310 g/mol. The molecule has 2 aromatic rings. The Morgan fingerprint density at radius 2 is 1.89 bits per heavy atom. The number of carbonyl (C=O) groups excluding carboxylic acids is 1. The second-order valence-corrected chi connectivity index (χ2v) is 4.26. The number of aldehydes is 1. The zero-order valence-electron chi connectivity index (χ0n) is 8.95. The second kappa shape index (κ2) is 4.82. The molecule has 19 heavy (non-hydrogen) atoms. The first-order valence-electron chi connectivity index (χ1n) is 4.78. The van der Waals surface area contributed by atoms with Gasteiger partial charge in [0.15, 0.2) is 17.7 Å². The molecular formula is C10H4Cl2F3N3O. The summed E-state index contributed by atoms with van der Waals surface area (Å²) in [6.45, 7) is 0. The molecule has 0 aliphatic carbocycles. The number of benzene rings is 1. The predicted molar refractivity (Wildman–Crippen MR) is 61.8 cm³/mol. The highest BCUT2D eigenvalue weighted by molar-refractivity contribution is 6.42. The zero-order valence-corrected chi connectivity index (χ0v) is 10.5. The minimum Gasteiger partial charge on any atom is -0.296 e. The summed E-state index contributed by atoms with van der Waals surface area (Å²) in [5.41, 5.74) is -2.05. The molecule has 9 heteroatoms. The topological polar surface area (TPSA) is 47.8 Å². The molecule has 0 fully saturated rings. The van der Waals surface area contributed by atoms with Crippen molar-refractivity contribution < 1.29 is 18.0 Å². The summed E-state index contributed by atoms with van der Waals surface area (Å²) in [7, 11) is 0. The molecule has 1 aromatic heterocycles. The molecule has 0 radical (unpaired) electrons.